The van der Waals surface area contributed by atoms with Crippen LogP contribution >= 0.6 is 11.6 Å². The Labute approximate surface area is 114 Å². The van der Waals surface area contributed by atoms with Gasteiger partial charge in [0.2, 0.25) is 0 Å². The van der Waals surface area contributed by atoms with Gasteiger partial charge in [-0.15, -0.1) is 11.6 Å². The largest absolute Gasteiger partial charge is 0.337 e. The van der Waals surface area contributed by atoms with Crippen LogP contribution in [0.1, 0.15) is 36.2 Å². The summed E-state index contributed by atoms with van der Waals surface area (Å²) in [5.74, 6) is 0.605. The van der Waals surface area contributed by atoms with Gasteiger partial charge in [-0.3, -0.25) is 4.79 Å². The van der Waals surface area contributed by atoms with Gasteiger partial charge in [-0.1, -0.05) is 26.0 Å². The second-order valence-corrected chi connectivity index (χ2v) is 5.64. The number of carbonyl (C=O) groups excluding carboxylic acids is 1. The molecule has 1 aliphatic rings. The fourth-order valence-electron chi connectivity index (χ4n) is 2.27. The predicted octanol–water partition coefficient (Wildman–Crippen LogP) is 3.34. The van der Waals surface area contributed by atoms with E-state index in [0.29, 0.717) is 12.5 Å². The molecular weight excluding hydrogens is 246 g/mol. The van der Waals surface area contributed by atoms with Crippen molar-refractivity contribution in [2.75, 3.05) is 13.1 Å². The average Bonchev–Trinajstić information content (AvgIpc) is 2.41. The molecular formula is C15H20ClNO. The average molecular weight is 266 g/mol. The summed E-state index contributed by atoms with van der Waals surface area (Å²) < 4.78 is 0. The molecule has 18 heavy (non-hydrogen) atoms. The van der Waals surface area contributed by atoms with Gasteiger partial charge in [-0.2, -0.15) is 0 Å². The second kappa shape index (κ2) is 5.75. The van der Waals surface area contributed by atoms with Gasteiger partial charge in [-0.25, -0.2) is 0 Å². The number of alkyl halides is 1. The number of aryl methyl sites for hydroxylation is 1. The van der Waals surface area contributed by atoms with Crippen LogP contribution in [0.3, 0.4) is 0 Å². The Morgan fingerprint density at radius 1 is 1.39 bits per heavy atom. The van der Waals surface area contributed by atoms with E-state index in [1.165, 1.54) is 5.56 Å². The van der Waals surface area contributed by atoms with Crippen LogP contribution in [-0.4, -0.2) is 29.3 Å². The number of likely N-dealkylation sites (tertiary alicyclic amines) is 1. The van der Waals surface area contributed by atoms with Gasteiger partial charge in [0.25, 0.3) is 5.91 Å². The summed E-state index contributed by atoms with van der Waals surface area (Å²) >= 11 is 6.25. The van der Waals surface area contributed by atoms with Crippen LogP contribution in [0.25, 0.3) is 0 Å². The highest BCUT2D eigenvalue weighted by atomic mass is 35.5. The first-order valence-electron chi connectivity index (χ1n) is 6.64. The Kier molecular flexibility index (Phi) is 4.28. The molecule has 0 radical (unpaired) electrons. The van der Waals surface area contributed by atoms with E-state index >= 15 is 0 Å². The van der Waals surface area contributed by atoms with Crippen LogP contribution < -0.4 is 0 Å². The first-order valence-corrected chi connectivity index (χ1v) is 7.07. The summed E-state index contributed by atoms with van der Waals surface area (Å²) in [6.07, 6.45) is 1.99. The number of rotatable bonds is 2. The highest BCUT2D eigenvalue weighted by Gasteiger charge is 2.27. The number of benzene rings is 1. The molecule has 1 heterocycles. The highest BCUT2D eigenvalue weighted by Crippen LogP contribution is 2.23. The smallest absolute Gasteiger partial charge is 0.253 e. The molecule has 0 bridgehead atoms. The molecule has 2 atom stereocenters. The zero-order valence-corrected chi connectivity index (χ0v) is 11.8. The Balaban J connectivity index is 2.06. The normalized spacial score (nSPS) is 24.1. The minimum atomic E-state index is 0.0811. The topological polar surface area (TPSA) is 20.3 Å². The fraction of sp³-hybridized carbons (Fsp3) is 0.533. The quantitative estimate of drug-likeness (QED) is 0.751. The maximum Gasteiger partial charge on any atom is 0.253 e. The zero-order valence-electron chi connectivity index (χ0n) is 11.0. The minimum absolute atomic E-state index is 0.0811. The number of nitrogens with zero attached hydrogens (tertiary/aromatic N) is 1. The second-order valence-electron chi connectivity index (χ2n) is 5.08. The summed E-state index contributed by atoms with van der Waals surface area (Å²) in [4.78, 5) is 14.2. The van der Waals surface area contributed by atoms with Crippen molar-refractivity contribution in [2.24, 2.45) is 5.92 Å². The lowest BCUT2D eigenvalue weighted by atomic mass is 9.98. The molecule has 1 aromatic rings. The van der Waals surface area contributed by atoms with Gasteiger partial charge in [0.15, 0.2) is 0 Å². The Bertz CT molecular complexity index is 415. The van der Waals surface area contributed by atoms with E-state index in [1.54, 1.807) is 0 Å². The molecule has 0 aromatic heterocycles. The summed E-state index contributed by atoms with van der Waals surface area (Å²) in [6.45, 7) is 5.74. The van der Waals surface area contributed by atoms with E-state index in [0.717, 1.165) is 24.9 Å². The molecule has 1 aliphatic heterocycles. The van der Waals surface area contributed by atoms with E-state index in [2.05, 4.69) is 13.8 Å². The monoisotopic (exact) mass is 265 g/mol. The minimum Gasteiger partial charge on any atom is -0.337 e. The third-order valence-corrected chi connectivity index (χ3v) is 4.33. The first kappa shape index (κ1) is 13.4. The van der Waals surface area contributed by atoms with Crippen LogP contribution in [0.15, 0.2) is 24.3 Å². The summed E-state index contributed by atoms with van der Waals surface area (Å²) in [6, 6.07) is 7.89. The Morgan fingerprint density at radius 2 is 2.06 bits per heavy atom. The standard InChI is InChI=1S/C15H20ClNO/c1-3-12-4-6-13(7-5-12)15(18)17-9-8-11(2)14(16)10-17/h4-7,11,14H,3,8-10H2,1-2H3. The van der Waals surface area contributed by atoms with Crippen molar-refractivity contribution in [3.63, 3.8) is 0 Å². The van der Waals surface area contributed by atoms with E-state index in [-0.39, 0.29) is 11.3 Å². The summed E-state index contributed by atoms with van der Waals surface area (Å²) in [5, 5.41) is 0.0811. The molecule has 0 saturated carbocycles. The van der Waals surface area contributed by atoms with Crippen LogP contribution in [0.4, 0.5) is 0 Å². The third kappa shape index (κ3) is 2.86. The van der Waals surface area contributed by atoms with Gasteiger partial charge >= 0.3 is 0 Å². The lowest BCUT2D eigenvalue weighted by molar-refractivity contribution is 0.0701. The summed E-state index contributed by atoms with van der Waals surface area (Å²) in [5.41, 5.74) is 2.03. The van der Waals surface area contributed by atoms with Gasteiger partial charge in [-0.05, 0) is 36.5 Å². The van der Waals surface area contributed by atoms with E-state index in [1.807, 2.05) is 29.2 Å². The Hall–Kier alpha value is -1.02. The lowest BCUT2D eigenvalue weighted by Gasteiger charge is -2.34. The molecule has 2 unspecified atom stereocenters. The highest BCUT2D eigenvalue weighted by molar-refractivity contribution is 6.21. The number of hydrogen-bond acceptors (Lipinski definition) is 1. The van der Waals surface area contributed by atoms with Crippen LogP contribution in [0.5, 0.6) is 0 Å². The van der Waals surface area contributed by atoms with Gasteiger partial charge < -0.3 is 4.90 Å². The molecule has 3 heteroatoms. The van der Waals surface area contributed by atoms with Gasteiger partial charge in [0.05, 0.1) is 5.38 Å². The molecule has 0 N–H and O–H groups in total. The predicted molar refractivity (Wildman–Crippen MR) is 75.1 cm³/mol. The van der Waals surface area contributed by atoms with Crippen molar-refractivity contribution >= 4 is 17.5 Å². The maximum absolute atomic E-state index is 12.3. The van der Waals surface area contributed by atoms with Crippen molar-refractivity contribution in [1.82, 2.24) is 4.90 Å². The van der Waals surface area contributed by atoms with Crippen molar-refractivity contribution in [3.05, 3.63) is 35.4 Å². The number of halogens is 1. The van der Waals surface area contributed by atoms with Crippen LogP contribution in [0.2, 0.25) is 0 Å². The van der Waals surface area contributed by atoms with Gasteiger partial charge in [0.1, 0.15) is 0 Å². The van der Waals surface area contributed by atoms with E-state index in [4.69, 9.17) is 11.6 Å². The molecule has 98 valence electrons. The maximum atomic E-state index is 12.3. The molecule has 1 aromatic carbocycles. The third-order valence-electron chi connectivity index (χ3n) is 3.76. The molecule has 1 fully saturated rings. The first-order chi connectivity index (χ1) is 8.61. The number of hydrogen-bond donors (Lipinski definition) is 0. The number of piperidine rings is 1. The van der Waals surface area contributed by atoms with Crippen molar-refractivity contribution < 1.29 is 4.79 Å². The Morgan fingerprint density at radius 3 is 2.61 bits per heavy atom. The molecule has 0 aliphatic carbocycles. The van der Waals surface area contributed by atoms with E-state index in [9.17, 15) is 4.79 Å². The SMILES string of the molecule is CCc1ccc(C(=O)N2CCC(C)C(Cl)C2)cc1. The molecule has 2 nitrogen and oxygen atoms in total. The van der Waals surface area contributed by atoms with E-state index < -0.39 is 0 Å². The molecule has 0 spiro atoms. The zero-order chi connectivity index (χ0) is 13.1. The van der Waals surface area contributed by atoms with Crippen LogP contribution in [-0.2, 0) is 6.42 Å². The molecule has 1 saturated heterocycles. The van der Waals surface area contributed by atoms with Crippen molar-refractivity contribution in [1.29, 1.82) is 0 Å². The lowest BCUT2D eigenvalue weighted by Crippen LogP contribution is -2.43. The van der Waals surface area contributed by atoms with Crippen LogP contribution in [0, 0.1) is 5.92 Å². The summed E-state index contributed by atoms with van der Waals surface area (Å²) in [7, 11) is 0. The van der Waals surface area contributed by atoms with Gasteiger partial charge in [0, 0.05) is 18.7 Å². The number of amides is 1. The fourth-order valence-corrected chi connectivity index (χ4v) is 2.56. The number of carbonyl (C=O) groups is 1. The molecule has 1 amide bonds. The van der Waals surface area contributed by atoms with Crippen molar-refractivity contribution in [2.45, 2.75) is 32.1 Å². The van der Waals surface area contributed by atoms with Crippen molar-refractivity contribution in [3.8, 4) is 0 Å². The molecule has 2 rings (SSSR count).